The van der Waals surface area contributed by atoms with Crippen molar-refractivity contribution in [3.63, 3.8) is 0 Å². The molecule has 0 saturated carbocycles. The van der Waals surface area contributed by atoms with Crippen LogP contribution in [-0.2, 0) is 24.8 Å². The van der Waals surface area contributed by atoms with Crippen LogP contribution in [0.4, 0.5) is 17.1 Å². The smallest absolute Gasteiger partial charge is 0.261 e. The second-order valence-electron chi connectivity index (χ2n) is 8.15. The predicted octanol–water partition coefficient (Wildman–Crippen LogP) is 3.99. The van der Waals surface area contributed by atoms with Crippen molar-refractivity contribution in [2.45, 2.75) is 31.7 Å². The van der Waals surface area contributed by atoms with Crippen molar-refractivity contribution in [3.05, 3.63) is 78.4 Å². The maximum absolute atomic E-state index is 12.9. The Bertz CT molecular complexity index is 1420. The van der Waals surface area contributed by atoms with Gasteiger partial charge in [0, 0.05) is 11.4 Å². The molecule has 36 heavy (non-hydrogen) atoms. The minimum Gasteiger partial charge on any atom is -0.494 e. The van der Waals surface area contributed by atoms with E-state index in [0.29, 0.717) is 29.4 Å². The van der Waals surface area contributed by atoms with Crippen molar-refractivity contribution in [2.75, 3.05) is 27.2 Å². The number of hydrogen-bond donors (Lipinski definition) is 2. The number of hydrogen-bond acceptors (Lipinski definition) is 6. The van der Waals surface area contributed by atoms with Crippen LogP contribution < -0.4 is 19.1 Å². The summed E-state index contributed by atoms with van der Waals surface area (Å²) in [5.74, 6) is 0.00142. The van der Waals surface area contributed by atoms with Crippen LogP contribution in [0.5, 0.6) is 5.75 Å². The summed E-state index contributed by atoms with van der Waals surface area (Å²) in [6, 6.07) is 17.9. The summed E-state index contributed by atoms with van der Waals surface area (Å²) in [6.07, 6.45) is 1.02. The van der Waals surface area contributed by atoms with Gasteiger partial charge in [-0.2, -0.15) is 0 Å². The molecule has 0 saturated heterocycles. The maximum atomic E-state index is 12.9. The standard InChI is InChI=1S/C25H29N3O6S2/c1-5-34-23-13-11-22(12-14-23)28(35(4,30)31)19(3)25(29)26-20-9-15-24(16-10-20)36(32,33)27-21-8-6-7-18(2)17-21/h6-17,19,27H,5H2,1-4H3,(H,26,29)/t19-/m1/s1. The molecule has 0 aliphatic heterocycles. The summed E-state index contributed by atoms with van der Waals surface area (Å²) in [6.45, 7) is 5.64. The number of rotatable bonds is 10. The molecule has 0 aliphatic rings. The van der Waals surface area contributed by atoms with Gasteiger partial charge in [-0.1, -0.05) is 12.1 Å². The number of carbonyl (C=O) groups excluding carboxylic acids is 1. The second-order valence-corrected chi connectivity index (χ2v) is 11.7. The van der Waals surface area contributed by atoms with Gasteiger partial charge in [-0.15, -0.1) is 0 Å². The summed E-state index contributed by atoms with van der Waals surface area (Å²) >= 11 is 0. The van der Waals surface area contributed by atoms with Crippen LogP contribution in [-0.4, -0.2) is 41.6 Å². The molecule has 0 heterocycles. The largest absolute Gasteiger partial charge is 0.494 e. The van der Waals surface area contributed by atoms with E-state index in [1.54, 1.807) is 42.5 Å². The van der Waals surface area contributed by atoms with Crippen molar-refractivity contribution in [1.29, 1.82) is 0 Å². The molecule has 1 atom stereocenters. The molecular weight excluding hydrogens is 502 g/mol. The van der Waals surface area contributed by atoms with Gasteiger partial charge in [-0.3, -0.25) is 13.8 Å². The average Bonchev–Trinajstić information content (AvgIpc) is 2.79. The van der Waals surface area contributed by atoms with Crippen LogP contribution >= 0.6 is 0 Å². The van der Waals surface area contributed by atoms with E-state index in [9.17, 15) is 21.6 Å². The Morgan fingerprint density at radius 2 is 1.58 bits per heavy atom. The summed E-state index contributed by atoms with van der Waals surface area (Å²) in [4.78, 5) is 12.9. The monoisotopic (exact) mass is 531 g/mol. The third-order valence-corrected chi connectivity index (χ3v) is 7.83. The number of nitrogens with one attached hydrogen (secondary N) is 2. The number of anilines is 3. The Morgan fingerprint density at radius 3 is 2.14 bits per heavy atom. The number of aryl methyl sites for hydroxylation is 1. The van der Waals surface area contributed by atoms with Crippen molar-refractivity contribution in [3.8, 4) is 5.75 Å². The highest BCUT2D eigenvalue weighted by Gasteiger charge is 2.29. The summed E-state index contributed by atoms with van der Waals surface area (Å²) in [5.41, 5.74) is 1.99. The minimum atomic E-state index is -3.83. The van der Waals surface area contributed by atoms with Gasteiger partial charge in [0.15, 0.2) is 0 Å². The quantitative estimate of drug-likeness (QED) is 0.408. The molecule has 0 radical (unpaired) electrons. The van der Waals surface area contributed by atoms with Crippen molar-refractivity contribution >= 4 is 43.0 Å². The first-order valence-corrected chi connectivity index (χ1v) is 14.5. The van der Waals surface area contributed by atoms with Gasteiger partial charge >= 0.3 is 0 Å². The van der Waals surface area contributed by atoms with E-state index in [-0.39, 0.29) is 4.90 Å². The zero-order chi connectivity index (χ0) is 26.5. The lowest BCUT2D eigenvalue weighted by Crippen LogP contribution is -2.45. The van der Waals surface area contributed by atoms with Gasteiger partial charge in [-0.05, 0) is 87.0 Å². The maximum Gasteiger partial charge on any atom is 0.261 e. The van der Waals surface area contributed by atoms with Gasteiger partial charge in [0.25, 0.3) is 10.0 Å². The van der Waals surface area contributed by atoms with Crippen LogP contribution in [0.3, 0.4) is 0 Å². The molecule has 1 amide bonds. The Balaban J connectivity index is 1.75. The third-order valence-electron chi connectivity index (χ3n) is 5.19. The minimum absolute atomic E-state index is 0.0159. The van der Waals surface area contributed by atoms with Crippen molar-refractivity contribution in [1.82, 2.24) is 0 Å². The number of carbonyl (C=O) groups is 1. The Morgan fingerprint density at radius 1 is 0.944 bits per heavy atom. The lowest BCUT2D eigenvalue weighted by molar-refractivity contribution is -0.116. The normalized spacial score (nSPS) is 12.4. The molecule has 0 aliphatic carbocycles. The molecule has 0 spiro atoms. The molecule has 192 valence electrons. The van der Waals surface area contributed by atoms with Crippen LogP contribution in [0.25, 0.3) is 0 Å². The fraction of sp³-hybridized carbons (Fsp3) is 0.240. The molecule has 0 unspecified atom stereocenters. The van der Waals surface area contributed by atoms with E-state index < -0.39 is 32.0 Å². The zero-order valence-electron chi connectivity index (χ0n) is 20.4. The van der Waals surface area contributed by atoms with Crippen LogP contribution in [0.15, 0.2) is 77.7 Å². The first-order chi connectivity index (χ1) is 16.9. The Labute approximate surface area is 212 Å². The van der Waals surface area contributed by atoms with Gasteiger partial charge in [0.05, 0.1) is 23.4 Å². The number of ether oxygens (including phenoxy) is 1. The molecule has 2 N–H and O–H groups in total. The zero-order valence-corrected chi connectivity index (χ0v) is 22.1. The number of benzene rings is 3. The number of nitrogens with zero attached hydrogens (tertiary/aromatic N) is 1. The fourth-order valence-corrected chi connectivity index (χ4v) is 5.78. The van der Waals surface area contributed by atoms with Crippen molar-refractivity contribution < 1.29 is 26.4 Å². The molecular formula is C25H29N3O6S2. The van der Waals surface area contributed by atoms with Gasteiger partial charge in [-0.25, -0.2) is 16.8 Å². The summed E-state index contributed by atoms with van der Waals surface area (Å²) < 4.78 is 59.3. The van der Waals surface area contributed by atoms with Gasteiger partial charge < -0.3 is 10.1 Å². The SMILES string of the molecule is CCOc1ccc(N([C@H](C)C(=O)Nc2ccc(S(=O)(=O)Nc3cccc(C)c3)cc2)S(C)(=O)=O)cc1. The fourth-order valence-electron chi connectivity index (χ4n) is 3.55. The topological polar surface area (TPSA) is 122 Å². The van der Waals surface area contributed by atoms with E-state index in [0.717, 1.165) is 16.1 Å². The Hall–Kier alpha value is -3.57. The molecule has 0 fully saturated rings. The van der Waals surface area contributed by atoms with E-state index >= 15 is 0 Å². The highest BCUT2D eigenvalue weighted by molar-refractivity contribution is 7.92. The molecule has 3 aromatic rings. The van der Waals surface area contributed by atoms with E-state index in [4.69, 9.17) is 4.74 Å². The van der Waals surface area contributed by atoms with Gasteiger partial charge in [0.2, 0.25) is 15.9 Å². The first kappa shape index (κ1) is 27.0. The van der Waals surface area contributed by atoms with Crippen LogP contribution in [0, 0.1) is 6.92 Å². The molecule has 0 bridgehead atoms. The molecule has 11 heteroatoms. The molecule has 0 aromatic heterocycles. The van der Waals surface area contributed by atoms with E-state index in [1.165, 1.54) is 31.2 Å². The Kier molecular flexibility index (Phi) is 8.26. The highest BCUT2D eigenvalue weighted by Crippen LogP contribution is 2.25. The lowest BCUT2D eigenvalue weighted by atomic mass is 10.2. The van der Waals surface area contributed by atoms with E-state index in [2.05, 4.69) is 10.0 Å². The third kappa shape index (κ3) is 6.76. The summed E-state index contributed by atoms with van der Waals surface area (Å²) in [5, 5.41) is 2.65. The molecule has 3 aromatic carbocycles. The lowest BCUT2D eigenvalue weighted by Gasteiger charge is -2.28. The van der Waals surface area contributed by atoms with E-state index in [1.807, 2.05) is 19.9 Å². The second kappa shape index (κ2) is 11.0. The van der Waals surface area contributed by atoms with Crippen LogP contribution in [0.1, 0.15) is 19.4 Å². The van der Waals surface area contributed by atoms with Gasteiger partial charge in [0.1, 0.15) is 11.8 Å². The number of amides is 1. The molecule has 3 rings (SSSR count). The van der Waals surface area contributed by atoms with Crippen molar-refractivity contribution in [2.24, 2.45) is 0 Å². The summed E-state index contributed by atoms with van der Waals surface area (Å²) in [7, 11) is -7.62. The average molecular weight is 532 g/mol. The molecule has 9 nitrogen and oxygen atoms in total. The first-order valence-electron chi connectivity index (χ1n) is 11.1. The van der Waals surface area contributed by atoms with Crippen LogP contribution in [0.2, 0.25) is 0 Å². The predicted molar refractivity (Wildman–Crippen MR) is 141 cm³/mol. The highest BCUT2D eigenvalue weighted by atomic mass is 32.2. The number of sulfonamides is 2.